The van der Waals surface area contributed by atoms with Crippen LogP contribution in [0.2, 0.25) is 0 Å². The normalized spacial score (nSPS) is 10.3. The van der Waals surface area contributed by atoms with E-state index in [-0.39, 0.29) is 24.3 Å². The number of hydrogen-bond donors (Lipinski definition) is 2. The largest absolute Gasteiger partial charge is 0.503 e. The van der Waals surface area contributed by atoms with Crippen LogP contribution in [0.25, 0.3) is 0 Å². The number of methoxy groups -OCH3 is 1. The summed E-state index contributed by atoms with van der Waals surface area (Å²) >= 11 is 0. The molecule has 0 aliphatic heterocycles. The van der Waals surface area contributed by atoms with E-state index in [9.17, 15) is 8.78 Å². The first-order chi connectivity index (χ1) is 6.61. The van der Waals surface area contributed by atoms with Crippen LogP contribution in [0.1, 0.15) is 5.56 Å². The van der Waals surface area contributed by atoms with Crippen molar-refractivity contribution in [2.75, 3.05) is 13.7 Å². The van der Waals surface area contributed by atoms with Gasteiger partial charge in [-0.3, -0.25) is 0 Å². The van der Waals surface area contributed by atoms with Crippen molar-refractivity contribution in [1.29, 1.82) is 0 Å². The lowest BCUT2D eigenvalue weighted by Gasteiger charge is -2.08. The molecule has 0 atom stereocenters. The van der Waals surface area contributed by atoms with Crippen LogP contribution in [0.5, 0.6) is 11.5 Å². The molecule has 2 N–H and O–H groups in total. The van der Waals surface area contributed by atoms with Crippen molar-refractivity contribution in [2.45, 2.75) is 6.42 Å². The van der Waals surface area contributed by atoms with Gasteiger partial charge in [0.2, 0.25) is 5.82 Å². The summed E-state index contributed by atoms with van der Waals surface area (Å²) in [4.78, 5) is 0. The summed E-state index contributed by atoms with van der Waals surface area (Å²) in [6.07, 6.45) is -0.00394. The summed E-state index contributed by atoms with van der Waals surface area (Å²) < 4.78 is 30.7. The van der Waals surface area contributed by atoms with E-state index in [2.05, 4.69) is 4.74 Å². The number of aliphatic hydroxyl groups excluding tert-OH is 1. The Labute approximate surface area is 79.6 Å². The number of halogens is 2. The molecule has 1 aromatic carbocycles. The van der Waals surface area contributed by atoms with Gasteiger partial charge < -0.3 is 14.9 Å². The van der Waals surface area contributed by atoms with E-state index in [1.54, 1.807) is 0 Å². The van der Waals surface area contributed by atoms with Crippen molar-refractivity contribution < 1.29 is 23.7 Å². The molecule has 5 heteroatoms. The van der Waals surface area contributed by atoms with Gasteiger partial charge in [-0.25, -0.2) is 4.39 Å². The molecule has 0 heterocycles. The second-order valence-electron chi connectivity index (χ2n) is 2.69. The van der Waals surface area contributed by atoms with Gasteiger partial charge in [-0.05, 0) is 18.1 Å². The molecule has 0 saturated heterocycles. The Hall–Kier alpha value is -1.36. The number of hydrogen-bond acceptors (Lipinski definition) is 3. The van der Waals surface area contributed by atoms with Crippen molar-refractivity contribution in [1.82, 2.24) is 0 Å². The molecule has 1 rings (SSSR count). The van der Waals surface area contributed by atoms with Gasteiger partial charge >= 0.3 is 0 Å². The van der Waals surface area contributed by atoms with Gasteiger partial charge in [-0.2, -0.15) is 4.39 Å². The predicted molar refractivity (Wildman–Crippen MR) is 45.4 cm³/mol. The lowest BCUT2D eigenvalue weighted by atomic mass is 10.1. The lowest BCUT2D eigenvalue weighted by molar-refractivity contribution is 0.294. The maximum absolute atomic E-state index is 13.1. The number of benzene rings is 1. The van der Waals surface area contributed by atoms with Crippen LogP contribution in [0.3, 0.4) is 0 Å². The highest BCUT2D eigenvalue weighted by molar-refractivity contribution is 5.41. The zero-order chi connectivity index (χ0) is 10.7. The van der Waals surface area contributed by atoms with Crippen molar-refractivity contribution >= 4 is 0 Å². The molecule has 0 aromatic heterocycles. The molecule has 14 heavy (non-hydrogen) atoms. The standard InChI is InChI=1S/C9H10F2O3/c1-14-6-4-5(2-3-12)7(10)9(13)8(6)11/h4,12-13H,2-3H2,1H3. The van der Waals surface area contributed by atoms with Crippen molar-refractivity contribution in [3.8, 4) is 11.5 Å². The van der Waals surface area contributed by atoms with E-state index in [0.717, 1.165) is 6.07 Å². The van der Waals surface area contributed by atoms with E-state index in [4.69, 9.17) is 10.2 Å². The fraction of sp³-hybridized carbons (Fsp3) is 0.333. The van der Waals surface area contributed by atoms with Crippen LogP contribution in [0.4, 0.5) is 8.78 Å². The number of aliphatic hydroxyl groups is 1. The van der Waals surface area contributed by atoms with E-state index in [1.165, 1.54) is 7.11 Å². The lowest BCUT2D eigenvalue weighted by Crippen LogP contribution is -1.99. The minimum absolute atomic E-state index is 0.00394. The first kappa shape index (κ1) is 10.7. The number of aromatic hydroxyl groups is 1. The summed E-state index contributed by atoms with van der Waals surface area (Å²) in [6, 6.07) is 1.11. The summed E-state index contributed by atoms with van der Waals surface area (Å²) in [6.45, 7) is -0.287. The first-order valence-corrected chi connectivity index (χ1v) is 3.96. The van der Waals surface area contributed by atoms with Crippen LogP contribution in [0.15, 0.2) is 6.07 Å². The molecule has 0 aliphatic carbocycles. The van der Waals surface area contributed by atoms with Crippen molar-refractivity contribution in [2.24, 2.45) is 0 Å². The summed E-state index contributed by atoms with van der Waals surface area (Å²) in [5.41, 5.74) is 0.0169. The molecular formula is C9H10F2O3. The van der Waals surface area contributed by atoms with Gasteiger partial charge in [0.15, 0.2) is 17.3 Å². The molecule has 0 aliphatic rings. The molecule has 0 radical (unpaired) electrons. The molecule has 78 valence electrons. The number of rotatable bonds is 3. The van der Waals surface area contributed by atoms with Gasteiger partial charge in [0.05, 0.1) is 7.11 Å². The second kappa shape index (κ2) is 4.23. The summed E-state index contributed by atoms with van der Waals surface area (Å²) in [7, 11) is 1.21. The molecule has 0 bridgehead atoms. The van der Waals surface area contributed by atoms with E-state index >= 15 is 0 Å². The Morgan fingerprint density at radius 2 is 2.00 bits per heavy atom. The molecule has 0 saturated carbocycles. The highest BCUT2D eigenvalue weighted by Crippen LogP contribution is 2.31. The summed E-state index contributed by atoms with van der Waals surface area (Å²) in [5, 5.41) is 17.6. The molecule has 1 aromatic rings. The third kappa shape index (κ3) is 1.77. The Bertz CT molecular complexity index is 339. The topological polar surface area (TPSA) is 49.7 Å². The Morgan fingerprint density at radius 1 is 1.36 bits per heavy atom. The van der Waals surface area contributed by atoms with Crippen LogP contribution >= 0.6 is 0 Å². The Morgan fingerprint density at radius 3 is 2.50 bits per heavy atom. The van der Waals surface area contributed by atoms with Crippen molar-refractivity contribution in [3.05, 3.63) is 23.3 Å². The van der Waals surface area contributed by atoms with E-state index in [0.29, 0.717) is 0 Å². The Kier molecular flexibility index (Phi) is 3.24. The predicted octanol–water partition coefficient (Wildman–Crippen LogP) is 1.21. The molecule has 0 spiro atoms. The number of ether oxygens (including phenoxy) is 1. The average molecular weight is 204 g/mol. The molecule has 3 nitrogen and oxygen atoms in total. The third-order valence-corrected chi connectivity index (χ3v) is 1.82. The average Bonchev–Trinajstić information content (AvgIpc) is 2.19. The van der Waals surface area contributed by atoms with Crippen molar-refractivity contribution in [3.63, 3.8) is 0 Å². The summed E-state index contributed by atoms with van der Waals surface area (Å²) in [5.74, 6) is -3.51. The van der Waals surface area contributed by atoms with Gasteiger partial charge in [-0.1, -0.05) is 0 Å². The highest BCUT2D eigenvalue weighted by atomic mass is 19.1. The van der Waals surface area contributed by atoms with Crippen LogP contribution in [0, 0.1) is 11.6 Å². The van der Waals surface area contributed by atoms with Crippen LogP contribution in [-0.2, 0) is 6.42 Å². The number of phenols is 1. The van der Waals surface area contributed by atoms with Gasteiger partial charge in [-0.15, -0.1) is 0 Å². The molecular weight excluding hydrogens is 194 g/mol. The molecule has 0 amide bonds. The van der Waals surface area contributed by atoms with Gasteiger partial charge in [0, 0.05) is 6.61 Å². The van der Waals surface area contributed by atoms with E-state index in [1.807, 2.05) is 0 Å². The third-order valence-electron chi connectivity index (χ3n) is 1.82. The first-order valence-electron chi connectivity index (χ1n) is 3.96. The SMILES string of the molecule is COc1cc(CCO)c(F)c(O)c1F. The number of phenolic OH excluding ortho intramolecular Hbond substituents is 1. The minimum Gasteiger partial charge on any atom is -0.503 e. The maximum Gasteiger partial charge on any atom is 0.209 e. The fourth-order valence-corrected chi connectivity index (χ4v) is 1.10. The van der Waals surface area contributed by atoms with Crippen LogP contribution < -0.4 is 4.74 Å². The monoisotopic (exact) mass is 204 g/mol. The second-order valence-corrected chi connectivity index (χ2v) is 2.69. The zero-order valence-corrected chi connectivity index (χ0v) is 7.55. The van der Waals surface area contributed by atoms with Gasteiger partial charge in [0.1, 0.15) is 0 Å². The van der Waals surface area contributed by atoms with Crippen LogP contribution in [-0.4, -0.2) is 23.9 Å². The molecule has 0 fully saturated rings. The van der Waals surface area contributed by atoms with E-state index < -0.39 is 17.4 Å². The quantitative estimate of drug-likeness (QED) is 0.778. The minimum atomic E-state index is -1.13. The highest BCUT2D eigenvalue weighted by Gasteiger charge is 2.17. The van der Waals surface area contributed by atoms with Gasteiger partial charge in [0.25, 0.3) is 0 Å². The Balaban J connectivity index is 3.25. The molecule has 0 unspecified atom stereocenters. The fourth-order valence-electron chi connectivity index (χ4n) is 1.10. The zero-order valence-electron chi connectivity index (χ0n) is 7.55. The maximum atomic E-state index is 13.1. The smallest absolute Gasteiger partial charge is 0.209 e.